The quantitative estimate of drug-likeness (QED) is 0.437. The Balaban J connectivity index is 1.52. The van der Waals surface area contributed by atoms with E-state index in [0.717, 1.165) is 38.4 Å². The van der Waals surface area contributed by atoms with Crippen LogP contribution < -0.4 is 11.4 Å². The number of aryl methyl sites for hydroxylation is 1. The molecule has 1 aromatic carbocycles. The molecule has 7 nitrogen and oxygen atoms in total. The van der Waals surface area contributed by atoms with Crippen LogP contribution in [-0.4, -0.2) is 30.7 Å². The lowest BCUT2D eigenvalue weighted by molar-refractivity contribution is 0.400. The van der Waals surface area contributed by atoms with Crippen molar-refractivity contribution in [3.8, 4) is 22.3 Å². The maximum absolute atomic E-state index is 12.8. The fraction of sp³-hybridized carbons (Fsp3) is 0.227. The lowest BCUT2D eigenvalue weighted by Gasteiger charge is -2.03. The van der Waals surface area contributed by atoms with Crippen molar-refractivity contribution in [2.45, 2.75) is 26.6 Å². The van der Waals surface area contributed by atoms with E-state index in [9.17, 15) is 13.6 Å². The largest absolute Gasteiger partial charge is 0.346 e. The molecule has 4 rings (SSSR count). The van der Waals surface area contributed by atoms with Crippen LogP contribution in [0.3, 0.4) is 0 Å². The van der Waals surface area contributed by atoms with Gasteiger partial charge in [-0.1, -0.05) is 18.2 Å². The van der Waals surface area contributed by atoms with Crippen LogP contribution >= 0.6 is 11.3 Å². The van der Waals surface area contributed by atoms with Gasteiger partial charge in [-0.05, 0) is 41.1 Å². The number of aromatic nitrogens is 5. The number of rotatable bonds is 8. The second-order valence-electron chi connectivity index (χ2n) is 7.23. The van der Waals surface area contributed by atoms with E-state index < -0.39 is 11.8 Å². The fourth-order valence-electron chi connectivity index (χ4n) is 3.32. The zero-order chi connectivity index (χ0) is 22.7. The van der Waals surface area contributed by atoms with Gasteiger partial charge in [-0.3, -0.25) is 9.25 Å². The molecule has 0 aliphatic heterocycles. The molecule has 166 valence electrons. The second-order valence-corrected chi connectivity index (χ2v) is 8.23. The lowest BCUT2D eigenvalue weighted by atomic mass is 10.0. The van der Waals surface area contributed by atoms with Crippen molar-refractivity contribution < 1.29 is 8.78 Å². The molecule has 0 aliphatic rings. The molecule has 32 heavy (non-hydrogen) atoms. The molecule has 0 amide bonds. The van der Waals surface area contributed by atoms with Gasteiger partial charge in [0.2, 0.25) is 0 Å². The minimum atomic E-state index is -1.87. The number of nitrogens with two attached hydrogens (primary N) is 1. The van der Waals surface area contributed by atoms with Gasteiger partial charge in [0.25, 0.3) is 6.08 Å². The third-order valence-corrected chi connectivity index (χ3v) is 6.04. The van der Waals surface area contributed by atoms with Crippen molar-refractivity contribution in [1.29, 1.82) is 0 Å². The summed E-state index contributed by atoms with van der Waals surface area (Å²) >= 11 is 1.53. The fourth-order valence-corrected chi connectivity index (χ4v) is 4.21. The minimum absolute atomic E-state index is 0.305. The highest BCUT2D eigenvalue weighted by molar-refractivity contribution is 7.10. The summed E-state index contributed by atoms with van der Waals surface area (Å²) in [5.41, 5.74) is 8.81. The van der Waals surface area contributed by atoms with Gasteiger partial charge in [-0.15, -0.1) is 11.3 Å². The normalized spacial score (nSPS) is 11.1. The number of halogens is 2. The van der Waals surface area contributed by atoms with Crippen LogP contribution in [0.2, 0.25) is 0 Å². The van der Waals surface area contributed by atoms with Crippen molar-refractivity contribution in [2.75, 3.05) is 6.54 Å². The molecule has 0 saturated heterocycles. The van der Waals surface area contributed by atoms with Gasteiger partial charge in [0, 0.05) is 35.3 Å². The van der Waals surface area contributed by atoms with E-state index >= 15 is 0 Å². The summed E-state index contributed by atoms with van der Waals surface area (Å²) in [5, 5.41) is 10.3. The van der Waals surface area contributed by atoms with Crippen LogP contribution in [0.5, 0.6) is 0 Å². The maximum atomic E-state index is 12.8. The molecule has 0 saturated carbocycles. The van der Waals surface area contributed by atoms with Gasteiger partial charge in [0.05, 0.1) is 19.3 Å². The van der Waals surface area contributed by atoms with Crippen LogP contribution in [-0.2, 0) is 19.6 Å². The first kappa shape index (κ1) is 21.8. The van der Waals surface area contributed by atoms with Crippen molar-refractivity contribution in [3.05, 3.63) is 81.4 Å². The van der Waals surface area contributed by atoms with Gasteiger partial charge in [-0.25, -0.2) is 9.48 Å². The molecule has 4 aromatic rings. The molecule has 2 N–H and O–H groups in total. The molecule has 0 unspecified atom stereocenters. The van der Waals surface area contributed by atoms with Gasteiger partial charge < -0.3 is 5.73 Å². The third-order valence-electron chi connectivity index (χ3n) is 5.12. The molecule has 3 heterocycles. The molecule has 0 atom stereocenters. The summed E-state index contributed by atoms with van der Waals surface area (Å²) < 4.78 is 30.0. The van der Waals surface area contributed by atoms with Crippen LogP contribution in [0.25, 0.3) is 22.3 Å². The Labute approximate surface area is 187 Å². The molecule has 0 aliphatic carbocycles. The highest BCUT2D eigenvalue weighted by Crippen LogP contribution is 2.29. The standard InChI is InChI=1S/C22H22F2N6OS/c1-2-29-10-19(9-26-29)16-5-3-4-15(6-16)17-7-20(32-13-17)12-28-14-27-30(22(28)31)11-18(8-25)21(23)24/h3-7,9-10,13-14H,2,8,11-12,25H2,1H3. The summed E-state index contributed by atoms with van der Waals surface area (Å²) in [5.74, 6) is 0. The summed E-state index contributed by atoms with van der Waals surface area (Å²) in [6.07, 6.45) is 3.35. The highest BCUT2D eigenvalue weighted by Gasteiger charge is 2.12. The summed E-state index contributed by atoms with van der Waals surface area (Å²) in [7, 11) is 0. The number of hydrogen-bond acceptors (Lipinski definition) is 5. The van der Waals surface area contributed by atoms with E-state index in [1.807, 2.05) is 53.6 Å². The topological polar surface area (TPSA) is 83.7 Å². The van der Waals surface area contributed by atoms with E-state index in [-0.39, 0.29) is 18.7 Å². The zero-order valence-corrected chi connectivity index (χ0v) is 18.2. The van der Waals surface area contributed by atoms with Crippen molar-refractivity contribution >= 4 is 11.3 Å². The summed E-state index contributed by atoms with van der Waals surface area (Å²) in [6, 6.07) is 10.2. The smallest absolute Gasteiger partial charge is 0.327 e. The molecule has 3 aromatic heterocycles. The predicted octanol–water partition coefficient (Wildman–Crippen LogP) is 3.81. The van der Waals surface area contributed by atoms with Gasteiger partial charge >= 0.3 is 5.69 Å². The Morgan fingerprint density at radius 2 is 1.91 bits per heavy atom. The van der Waals surface area contributed by atoms with E-state index in [1.54, 1.807) is 0 Å². The molecule has 0 radical (unpaired) electrons. The van der Waals surface area contributed by atoms with Crippen molar-refractivity contribution in [1.82, 2.24) is 24.1 Å². The highest BCUT2D eigenvalue weighted by atomic mass is 32.1. The Kier molecular flexibility index (Phi) is 6.42. The number of benzene rings is 1. The first-order chi connectivity index (χ1) is 15.5. The first-order valence-corrected chi connectivity index (χ1v) is 10.9. The minimum Gasteiger partial charge on any atom is -0.327 e. The third kappa shape index (κ3) is 4.61. The maximum Gasteiger partial charge on any atom is 0.346 e. The summed E-state index contributed by atoms with van der Waals surface area (Å²) in [4.78, 5) is 13.5. The first-order valence-electron chi connectivity index (χ1n) is 10.0. The Morgan fingerprint density at radius 3 is 2.59 bits per heavy atom. The van der Waals surface area contributed by atoms with E-state index in [4.69, 9.17) is 5.73 Å². The summed E-state index contributed by atoms with van der Waals surface area (Å²) in [6.45, 7) is 2.53. The van der Waals surface area contributed by atoms with Crippen LogP contribution in [0, 0.1) is 0 Å². The number of thiophene rings is 1. The molecular formula is C22H22F2N6OS. The SMILES string of the molecule is CCn1cc(-c2cccc(-c3csc(Cn4cnn(CC(CN)=C(F)F)c4=O)c3)c2)cn1. The molecule has 0 spiro atoms. The zero-order valence-electron chi connectivity index (χ0n) is 17.4. The van der Waals surface area contributed by atoms with E-state index in [0.29, 0.717) is 6.54 Å². The molecule has 10 heteroatoms. The average molecular weight is 457 g/mol. The molecule has 0 bridgehead atoms. The van der Waals surface area contributed by atoms with Crippen LogP contribution in [0.4, 0.5) is 8.78 Å². The van der Waals surface area contributed by atoms with Crippen molar-refractivity contribution in [2.24, 2.45) is 5.73 Å². The average Bonchev–Trinajstić information content (AvgIpc) is 3.54. The van der Waals surface area contributed by atoms with Gasteiger partial charge in [-0.2, -0.15) is 19.0 Å². The van der Waals surface area contributed by atoms with E-state index in [1.165, 1.54) is 22.2 Å². The van der Waals surface area contributed by atoms with Crippen LogP contribution in [0.15, 0.2) is 70.9 Å². The van der Waals surface area contributed by atoms with Gasteiger partial charge in [0.15, 0.2) is 0 Å². The Bertz CT molecular complexity index is 1310. The van der Waals surface area contributed by atoms with Gasteiger partial charge in [0.1, 0.15) is 6.33 Å². The van der Waals surface area contributed by atoms with E-state index in [2.05, 4.69) is 16.3 Å². The van der Waals surface area contributed by atoms with Crippen LogP contribution in [0.1, 0.15) is 11.8 Å². The monoisotopic (exact) mass is 456 g/mol. The molecule has 0 fully saturated rings. The second kappa shape index (κ2) is 9.41. The molecular weight excluding hydrogens is 434 g/mol. The predicted molar refractivity (Wildman–Crippen MR) is 121 cm³/mol. The number of hydrogen-bond donors (Lipinski definition) is 1. The Morgan fingerprint density at radius 1 is 1.12 bits per heavy atom. The van der Waals surface area contributed by atoms with Crippen molar-refractivity contribution in [3.63, 3.8) is 0 Å². The lowest BCUT2D eigenvalue weighted by Crippen LogP contribution is -2.27. The Hall–Kier alpha value is -3.37. The number of nitrogens with zero attached hydrogens (tertiary/aromatic N) is 5.